The van der Waals surface area contributed by atoms with E-state index in [1.165, 1.54) is 6.33 Å². The molecule has 35 heavy (non-hydrogen) atoms. The number of anilines is 1. The number of benzene rings is 1. The Labute approximate surface area is 207 Å². The molecule has 10 heteroatoms. The molecule has 0 atom stereocenters. The van der Waals surface area contributed by atoms with E-state index in [2.05, 4.69) is 25.3 Å². The number of halogens is 4. The van der Waals surface area contributed by atoms with Crippen LogP contribution < -0.4 is 10.1 Å². The van der Waals surface area contributed by atoms with Crippen molar-refractivity contribution in [2.24, 2.45) is 4.99 Å². The van der Waals surface area contributed by atoms with Gasteiger partial charge in [0.2, 0.25) is 5.88 Å². The van der Waals surface area contributed by atoms with Crippen LogP contribution in [0.1, 0.15) is 43.9 Å². The Balaban J connectivity index is 1.69. The number of pyridine rings is 1. The second-order valence-electron chi connectivity index (χ2n) is 7.54. The summed E-state index contributed by atoms with van der Waals surface area (Å²) in [6, 6.07) is 6.83. The molecule has 3 aromatic rings. The van der Waals surface area contributed by atoms with Gasteiger partial charge in [-0.05, 0) is 56.0 Å². The van der Waals surface area contributed by atoms with Crippen molar-refractivity contribution in [1.29, 1.82) is 0 Å². The predicted molar refractivity (Wildman–Crippen MR) is 133 cm³/mol. The van der Waals surface area contributed by atoms with Crippen LogP contribution in [0.5, 0.6) is 11.6 Å². The van der Waals surface area contributed by atoms with Crippen LogP contribution in [-0.2, 0) is 12.6 Å². The minimum atomic E-state index is -4.49. The zero-order valence-electron chi connectivity index (χ0n) is 19.5. The zero-order chi connectivity index (χ0) is 25.4. The fraction of sp³-hybridized carbons (Fsp3) is 0.280. The molecular weight excluding hydrogens is 479 g/mol. The maximum Gasteiger partial charge on any atom is 0.416 e. The molecule has 0 aliphatic carbocycles. The van der Waals surface area contributed by atoms with Gasteiger partial charge >= 0.3 is 6.18 Å². The van der Waals surface area contributed by atoms with Crippen molar-refractivity contribution >= 4 is 35.0 Å². The van der Waals surface area contributed by atoms with Crippen LogP contribution in [0.3, 0.4) is 0 Å². The molecule has 0 radical (unpaired) electrons. The minimum Gasteiger partial charge on any atom is -0.437 e. The molecule has 1 N–H and O–H groups in total. The average Bonchev–Trinajstić information content (AvgIpc) is 2.83. The van der Waals surface area contributed by atoms with E-state index < -0.39 is 11.7 Å². The lowest BCUT2D eigenvalue weighted by Gasteiger charge is -2.13. The number of nitrogens with one attached hydrogen (secondary N) is 1. The molecule has 0 saturated carbocycles. The van der Waals surface area contributed by atoms with Crippen LogP contribution in [0.2, 0.25) is 5.02 Å². The van der Waals surface area contributed by atoms with Gasteiger partial charge in [0.1, 0.15) is 17.9 Å². The number of allylic oxidation sites excluding steroid dienone is 2. The Morgan fingerprint density at radius 1 is 1.17 bits per heavy atom. The number of nitrogens with zero attached hydrogens (tertiary/aromatic N) is 4. The highest BCUT2D eigenvalue weighted by molar-refractivity contribution is 6.32. The zero-order valence-corrected chi connectivity index (χ0v) is 20.3. The number of hydrogen-bond acceptors (Lipinski definition) is 6. The first-order chi connectivity index (χ1) is 16.7. The maximum absolute atomic E-state index is 12.9. The number of hydrogen-bond donors (Lipinski definition) is 1. The number of aliphatic imine (C=N–C) groups is 1. The lowest BCUT2D eigenvalue weighted by Crippen LogP contribution is -2.09. The van der Waals surface area contributed by atoms with Crippen molar-refractivity contribution in [2.45, 2.75) is 39.8 Å². The molecule has 2 aromatic heterocycles. The third-order valence-corrected chi connectivity index (χ3v) is 5.33. The fourth-order valence-electron chi connectivity index (χ4n) is 3.16. The van der Waals surface area contributed by atoms with Crippen LogP contribution in [-0.4, -0.2) is 27.7 Å². The summed E-state index contributed by atoms with van der Waals surface area (Å²) in [6.07, 6.45) is 3.23. The van der Waals surface area contributed by atoms with Gasteiger partial charge in [-0.2, -0.15) is 13.2 Å². The first-order valence-electron chi connectivity index (χ1n) is 11.0. The molecule has 3 rings (SSSR count). The molecule has 0 aliphatic rings. The van der Waals surface area contributed by atoms with E-state index in [0.717, 1.165) is 41.5 Å². The first kappa shape index (κ1) is 26.2. The van der Waals surface area contributed by atoms with Crippen LogP contribution in [0.4, 0.5) is 24.8 Å². The van der Waals surface area contributed by atoms with Crippen LogP contribution in [0.15, 0.2) is 53.9 Å². The van der Waals surface area contributed by atoms with Crippen molar-refractivity contribution in [3.05, 3.63) is 70.6 Å². The smallest absolute Gasteiger partial charge is 0.416 e. The Kier molecular flexibility index (Phi) is 8.81. The number of rotatable bonds is 9. The standard InChI is InChI=1S/C25H25ClF3N5O/c1-4-10-31-23-22(16(3)5-2)24(34-15-33-23)32-11-8-17-6-7-20(19(26)13-17)35-21-14-18(9-12-30-21)25(27,28)29/h5-7,9-10,12-15H,4,8,11H2,1-3H3,(H,32,33,34). The lowest BCUT2D eigenvalue weighted by atomic mass is 10.1. The molecule has 6 nitrogen and oxygen atoms in total. The quantitative estimate of drug-likeness (QED) is 0.305. The lowest BCUT2D eigenvalue weighted by molar-refractivity contribution is -0.137. The van der Waals surface area contributed by atoms with Gasteiger partial charge in [0.25, 0.3) is 0 Å². The van der Waals surface area contributed by atoms with Crippen molar-refractivity contribution in [2.75, 3.05) is 11.9 Å². The Bertz CT molecular complexity index is 1230. The first-order valence-corrected chi connectivity index (χ1v) is 11.3. The molecule has 0 saturated heterocycles. The van der Waals surface area contributed by atoms with E-state index in [-0.39, 0.29) is 16.7 Å². The molecule has 0 aliphatic heterocycles. The van der Waals surface area contributed by atoms with E-state index in [0.29, 0.717) is 24.6 Å². The molecule has 2 heterocycles. The summed E-state index contributed by atoms with van der Waals surface area (Å²) in [5, 5.41) is 3.60. The summed E-state index contributed by atoms with van der Waals surface area (Å²) < 4.78 is 44.2. The highest BCUT2D eigenvalue weighted by Gasteiger charge is 2.31. The Hall–Kier alpha value is -3.46. The van der Waals surface area contributed by atoms with Gasteiger partial charge in [0.15, 0.2) is 5.82 Å². The minimum absolute atomic E-state index is 0.187. The molecule has 1 aromatic carbocycles. The predicted octanol–water partition coefficient (Wildman–Crippen LogP) is 7.53. The summed E-state index contributed by atoms with van der Waals surface area (Å²) in [6.45, 7) is 6.49. The number of alkyl halides is 3. The summed E-state index contributed by atoms with van der Waals surface area (Å²) >= 11 is 6.32. The van der Waals surface area contributed by atoms with E-state index >= 15 is 0 Å². The van der Waals surface area contributed by atoms with Gasteiger partial charge in [-0.3, -0.25) is 0 Å². The highest BCUT2D eigenvalue weighted by atomic mass is 35.5. The van der Waals surface area contributed by atoms with Gasteiger partial charge in [0.05, 0.1) is 16.1 Å². The van der Waals surface area contributed by atoms with Crippen LogP contribution in [0.25, 0.3) is 5.57 Å². The fourth-order valence-corrected chi connectivity index (χ4v) is 3.40. The topological polar surface area (TPSA) is 72.3 Å². The van der Waals surface area contributed by atoms with Gasteiger partial charge < -0.3 is 10.1 Å². The Morgan fingerprint density at radius 3 is 2.66 bits per heavy atom. The molecule has 0 bridgehead atoms. The third kappa shape index (κ3) is 7.02. The van der Waals surface area contributed by atoms with Gasteiger partial charge in [-0.15, -0.1) is 0 Å². The maximum atomic E-state index is 12.9. The Morgan fingerprint density at radius 2 is 1.97 bits per heavy atom. The van der Waals surface area contributed by atoms with Crippen LogP contribution >= 0.6 is 11.6 Å². The van der Waals surface area contributed by atoms with E-state index in [1.54, 1.807) is 24.4 Å². The molecule has 0 unspecified atom stereocenters. The second kappa shape index (κ2) is 11.8. The molecule has 0 fully saturated rings. The average molecular weight is 504 g/mol. The van der Waals surface area contributed by atoms with Crippen molar-refractivity contribution in [3.8, 4) is 11.6 Å². The highest BCUT2D eigenvalue weighted by Crippen LogP contribution is 2.34. The number of aromatic nitrogens is 3. The largest absolute Gasteiger partial charge is 0.437 e. The van der Waals surface area contributed by atoms with Gasteiger partial charge in [-0.1, -0.05) is 30.7 Å². The van der Waals surface area contributed by atoms with Crippen molar-refractivity contribution < 1.29 is 17.9 Å². The SMILES string of the molecule is CC=C(C)c1c(N=CCC)ncnc1NCCc1ccc(Oc2cc(C(F)(F)F)ccn2)c(Cl)c1. The molecule has 184 valence electrons. The van der Waals surface area contributed by atoms with Crippen molar-refractivity contribution in [1.82, 2.24) is 15.0 Å². The molecule has 0 spiro atoms. The van der Waals surface area contributed by atoms with Gasteiger partial charge in [-0.25, -0.2) is 19.9 Å². The summed E-state index contributed by atoms with van der Waals surface area (Å²) in [4.78, 5) is 17.0. The summed E-state index contributed by atoms with van der Waals surface area (Å²) in [5.74, 6) is 1.32. The monoisotopic (exact) mass is 503 g/mol. The van der Waals surface area contributed by atoms with Crippen LogP contribution in [0, 0.1) is 0 Å². The number of ether oxygens (including phenoxy) is 1. The summed E-state index contributed by atoms with van der Waals surface area (Å²) in [5.41, 5.74) is 1.91. The van der Waals surface area contributed by atoms with E-state index in [9.17, 15) is 13.2 Å². The molecular formula is C25H25ClF3N5O. The normalized spacial score (nSPS) is 12.3. The van der Waals surface area contributed by atoms with Crippen molar-refractivity contribution in [3.63, 3.8) is 0 Å². The van der Waals surface area contributed by atoms with Gasteiger partial charge in [0, 0.05) is 25.0 Å². The second-order valence-corrected chi connectivity index (χ2v) is 7.94. The van der Waals surface area contributed by atoms with E-state index in [1.807, 2.05) is 26.8 Å². The third-order valence-electron chi connectivity index (χ3n) is 5.03. The summed E-state index contributed by atoms with van der Waals surface area (Å²) in [7, 11) is 0. The molecule has 0 amide bonds. The van der Waals surface area contributed by atoms with E-state index in [4.69, 9.17) is 16.3 Å².